The van der Waals surface area contributed by atoms with Crippen LogP contribution < -0.4 is 11.1 Å². The summed E-state index contributed by atoms with van der Waals surface area (Å²) < 4.78 is 1.48. The highest BCUT2D eigenvalue weighted by Gasteiger charge is 2.11. The second kappa shape index (κ2) is 8.26. The number of pyridine rings is 1. The summed E-state index contributed by atoms with van der Waals surface area (Å²) in [5.74, 6) is 0.845. The second-order valence-corrected chi connectivity index (χ2v) is 6.31. The predicted molar refractivity (Wildman–Crippen MR) is 107 cm³/mol. The minimum Gasteiger partial charge on any atom is -0.382 e. The van der Waals surface area contributed by atoms with Crippen LogP contribution in [0.1, 0.15) is 21.6 Å². The molecule has 3 heterocycles. The zero-order valence-electron chi connectivity index (χ0n) is 15.4. The van der Waals surface area contributed by atoms with Crippen LogP contribution in [-0.4, -0.2) is 35.5 Å². The van der Waals surface area contributed by atoms with Gasteiger partial charge in [0, 0.05) is 19.2 Å². The molecule has 1 aromatic carbocycles. The molecule has 0 atom stereocenters. The van der Waals surface area contributed by atoms with E-state index in [1.54, 1.807) is 6.20 Å². The Balaban J connectivity index is 1.41. The third-order valence-electron chi connectivity index (χ3n) is 4.25. The molecule has 0 unspecified atom stereocenters. The van der Waals surface area contributed by atoms with Crippen molar-refractivity contribution in [1.82, 2.24) is 29.7 Å². The van der Waals surface area contributed by atoms with Gasteiger partial charge in [-0.1, -0.05) is 24.3 Å². The fourth-order valence-electron chi connectivity index (χ4n) is 2.80. The molecule has 0 saturated heterocycles. The lowest BCUT2D eigenvalue weighted by Crippen LogP contribution is -2.09. The summed E-state index contributed by atoms with van der Waals surface area (Å²) in [6, 6.07) is 11.5. The number of carbonyl (C=O) groups excluding carboxylic acids is 1. The highest BCUT2D eigenvalue weighted by Crippen LogP contribution is 2.16. The molecule has 9 heteroatoms. The third-order valence-corrected chi connectivity index (χ3v) is 4.25. The number of ketones is 1. The number of anilines is 2. The van der Waals surface area contributed by atoms with Crippen LogP contribution in [0.3, 0.4) is 0 Å². The van der Waals surface area contributed by atoms with Gasteiger partial charge in [0.15, 0.2) is 11.6 Å². The number of hydrogen-bond acceptors (Lipinski definition) is 8. The summed E-state index contributed by atoms with van der Waals surface area (Å²) >= 11 is 0. The molecule has 144 valence electrons. The molecule has 4 rings (SSSR count). The molecule has 0 amide bonds. The molecule has 4 aromatic rings. The number of aromatic nitrogens is 6. The Morgan fingerprint density at radius 1 is 1.07 bits per heavy atom. The molecule has 0 aliphatic heterocycles. The lowest BCUT2D eigenvalue weighted by Gasteiger charge is -2.09. The van der Waals surface area contributed by atoms with Crippen molar-refractivity contribution >= 4 is 17.3 Å². The number of benzene rings is 1. The third kappa shape index (κ3) is 4.41. The standard InChI is InChI=1S/C20H18N8O/c21-20-16(5-2-6-23-20)24-9-15-4-1-3-14(7-15)8-18(29)17-10-26-19(11-25-17)28-13-22-12-27-28/h1-7,10-13,24H,8-9H2,(H2,21,23). The van der Waals surface area contributed by atoms with Crippen molar-refractivity contribution in [2.75, 3.05) is 11.1 Å². The molecule has 0 aliphatic rings. The fraction of sp³-hybridized carbons (Fsp3) is 0.100. The van der Waals surface area contributed by atoms with Gasteiger partial charge in [-0.15, -0.1) is 0 Å². The molecule has 0 bridgehead atoms. The van der Waals surface area contributed by atoms with E-state index in [0.29, 0.717) is 23.9 Å². The molecule has 3 N–H and O–H groups in total. The van der Waals surface area contributed by atoms with Crippen LogP contribution in [-0.2, 0) is 13.0 Å². The number of nitrogens with zero attached hydrogens (tertiary/aromatic N) is 6. The lowest BCUT2D eigenvalue weighted by molar-refractivity contribution is 0.0988. The number of carbonyl (C=O) groups is 1. The minimum atomic E-state index is -0.107. The van der Waals surface area contributed by atoms with Crippen molar-refractivity contribution < 1.29 is 4.79 Å². The summed E-state index contributed by atoms with van der Waals surface area (Å²) in [5, 5.41) is 7.24. The molecule has 0 fully saturated rings. The Labute approximate surface area is 166 Å². The van der Waals surface area contributed by atoms with Crippen molar-refractivity contribution in [1.29, 1.82) is 0 Å². The Kier molecular flexibility index (Phi) is 5.19. The van der Waals surface area contributed by atoms with Crippen LogP contribution in [0, 0.1) is 0 Å². The first-order valence-electron chi connectivity index (χ1n) is 8.91. The SMILES string of the molecule is Nc1ncccc1NCc1cccc(CC(=O)c2cnc(-n3cncn3)cn2)c1. The number of nitrogens with one attached hydrogen (secondary N) is 1. The van der Waals surface area contributed by atoms with E-state index >= 15 is 0 Å². The van der Waals surface area contributed by atoms with E-state index in [1.807, 2.05) is 36.4 Å². The van der Waals surface area contributed by atoms with Crippen molar-refractivity contribution in [2.45, 2.75) is 13.0 Å². The highest BCUT2D eigenvalue weighted by molar-refractivity contribution is 5.95. The molecule has 29 heavy (non-hydrogen) atoms. The van der Waals surface area contributed by atoms with Crippen LogP contribution in [0.4, 0.5) is 11.5 Å². The van der Waals surface area contributed by atoms with E-state index < -0.39 is 0 Å². The normalized spacial score (nSPS) is 10.6. The molecule has 0 saturated carbocycles. The Bertz CT molecular complexity index is 1110. The largest absolute Gasteiger partial charge is 0.382 e. The molecule has 0 aliphatic carbocycles. The van der Waals surface area contributed by atoms with Gasteiger partial charge in [-0.25, -0.2) is 24.6 Å². The summed E-state index contributed by atoms with van der Waals surface area (Å²) in [6.45, 7) is 0.574. The zero-order chi connectivity index (χ0) is 20.1. The van der Waals surface area contributed by atoms with Gasteiger partial charge < -0.3 is 11.1 Å². The van der Waals surface area contributed by atoms with Crippen molar-refractivity contribution in [2.24, 2.45) is 0 Å². The minimum absolute atomic E-state index is 0.107. The smallest absolute Gasteiger partial charge is 0.187 e. The van der Waals surface area contributed by atoms with Gasteiger partial charge in [-0.2, -0.15) is 5.10 Å². The summed E-state index contributed by atoms with van der Waals surface area (Å²) in [6.07, 6.45) is 7.76. The van der Waals surface area contributed by atoms with Gasteiger partial charge in [-0.3, -0.25) is 4.79 Å². The van der Waals surface area contributed by atoms with E-state index in [-0.39, 0.29) is 12.2 Å². The van der Waals surface area contributed by atoms with Gasteiger partial charge in [0.05, 0.1) is 18.1 Å². The van der Waals surface area contributed by atoms with Crippen LogP contribution in [0.2, 0.25) is 0 Å². The summed E-state index contributed by atoms with van der Waals surface area (Å²) in [7, 11) is 0. The van der Waals surface area contributed by atoms with Gasteiger partial charge in [-0.05, 0) is 23.3 Å². The van der Waals surface area contributed by atoms with Crippen LogP contribution >= 0.6 is 0 Å². The topological polar surface area (TPSA) is 124 Å². The molecule has 0 radical (unpaired) electrons. The van der Waals surface area contributed by atoms with Crippen molar-refractivity contribution in [3.05, 3.63) is 84.5 Å². The average Bonchev–Trinajstić information content (AvgIpc) is 3.28. The first-order chi connectivity index (χ1) is 14.2. The predicted octanol–water partition coefficient (Wildman–Crippen LogP) is 2.07. The molecule has 0 spiro atoms. The number of rotatable bonds is 7. The van der Waals surface area contributed by atoms with Crippen LogP contribution in [0.25, 0.3) is 5.82 Å². The monoisotopic (exact) mass is 386 g/mol. The Hall–Kier alpha value is -4.14. The number of Topliss-reactive ketones (excluding diaryl/α,β-unsaturated/α-hetero) is 1. The van der Waals surface area contributed by atoms with E-state index in [0.717, 1.165) is 16.8 Å². The van der Waals surface area contributed by atoms with Gasteiger partial charge in [0.2, 0.25) is 0 Å². The summed E-state index contributed by atoms with van der Waals surface area (Å²) in [4.78, 5) is 28.9. The first-order valence-corrected chi connectivity index (χ1v) is 8.91. The Morgan fingerprint density at radius 3 is 2.72 bits per heavy atom. The van der Waals surface area contributed by atoms with E-state index in [1.165, 1.54) is 29.7 Å². The van der Waals surface area contributed by atoms with Crippen LogP contribution in [0.5, 0.6) is 0 Å². The van der Waals surface area contributed by atoms with E-state index in [2.05, 4.69) is 30.4 Å². The summed E-state index contributed by atoms with van der Waals surface area (Å²) in [5.41, 5.74) is 8.86. The zero-order valence-corrected chi connectivity index (χ0v) is 15.4. The van der Waals surface area contributed by atoms with E-state index in [4.69, 9.17) is 5.73 Å². The van der Waals surface area contributed by atoms with Gasteiger partial charge in [0.1, 0.15) is 24.2 Å². The van der Waals surface area contributed by atoms with Crippen molar-refractivity contribution in [3.8, 4) is 5.82 Å². The maximum absolute atomic E-state index is 12.6. The number of nitrogens with two attached hydrogens (primary N) is 1. The number of hydrogen-bond donors (Lipinski definition) is 2. The van der Waals surface area contributed by atoms with Crippen LogP contribution in [0.15, 0.2) is 67.6 Å². The highest BCUT2D eigenvalue weighted by atomic mass is 16.1. The maximum Gasteiger partial charge on any atom is 0.187 e. The van der Waals surface area contributed by atoms with E-state index in [9.17, 15) is 4.79 Å². The average molecular weight is 386 g/mol. The van der Waals surface area contributed by atoms with Crippen molar-refractivity contribution in [3.63, 3.8) is 0 Å². The quantitative estimate of drug-likeness (QED) is 0.463. The van der Waals surface area contributed by atoms with Gasteiger partial charge in [0.25, 0.3) is 0 Å². The molecule has 9 nitrogen and oxygen atoms in total. The number of nitrogen functional groups attached to an aromatic ring is 1. The molecule has 3 aromatic heterocycles. The fourth-order valence-corrected chi connectivity index (χ4v) is 2.80. The first kappa shape index (κ1) is 18.2. The lowest BCUT2D eigenvalue weighted by atomic mass is 10.0. The Morgan fingerprint density at radius 2 is 1.97 bits per heavy atom. The molecular weight excluding hydrogens is 368 g/mol. The maximum atomic E-state index is 12.6. The molecular formula is C20H18N8O. The van der Waals surface area contributed by atoms with Gasteiger partial charge >= 0.3 is 0 Å². The second-order valence-electron chi connectivity index (χ2n) is 6.31.